The summed E-state index contributed by atoms with van der Waals surface area (Å²) in [5.74, 6) is -0.557. The lowest BCUT2D eigenvalue weighted by atomic mass is 9.76. The molecular weight excluding hydrogens is 248 g/mol. The van der Waals surface area contributed by atoms with Crippen molar-refractivity contribution in [1.29, 1.82) is 0 Å². The zero-order valence-electron chi connectivity index (χ0n) is 10.3. The number of aromatic hydroxyl groups is 1. The van der Waals surface area contributed by atoms with Crippen molar-refractivity contribution >= 4 is 5.97 Å². The van der Waals surface area contributed by atoms with Crippen LogP contribution >= 0.6 is 0 Å². The van der Waals surface area contributed by atoms with Crippen LogP contribution in [0.4, 0.5) is 0 Å². The van der Waals surface area contributed by atoms with Gasteiger partial charge in [-0.3, -0.25) is 0 Å². The van der Waals surface area contributed by atoms with Crippen LogP contribution in [0.1, 0.15) is 36.7 Å². The predicted octanol–water partition coefficient (Wildman–Crippen LogP) is 1.10. The van der Waals surface area contributed by atoms with Gasteiger partial charge in [-0.25, -0.2) is 4.79 Å². The summed E-state index contributed by atoms with van der Waals surface area (Å²) >= 11 is 0. The molecule has 0 saturated carbocycles. The number of ether oxygens (including phenoxy) is 1. The van der Waals surface area contributed by atoms with Gasteiger partial charge < -0.3 is 20.1 Å². The second kappa shape index (κ2) is 3.82. The Morgan fingerprint density at radius 3 is 2.74 bits per heavy atom. The molecule has 2 aliphatic rings. The van der Waals surface area contributed by atoms with Crippen LogP contribution in [-0.2, 0) is 9.53 Å². The highest BCUT2D eigenvalue weighted by Gasteiger charge is 2.51. The number of fused-ring (bicyclic) bond motifs is 1. The van der Waals surface area contributed by atoms with Crippen molar-refractivity contribution < 1.29 is 24.9 Å². The van der Waals surface area contributed by atoms with Crippen molar-refractivity contribution in [3.8, 4) is 5.75 Å². The van der Waals surface area contributed by atoms with Gasteiger partial charge in [0, 0.05) is 17.6 Å². The minimum Gasteiger partial charge on any atom is -0.508 e. The number of rotatable bonds is 0. The van der Waals surface area contributed by atoms with E-state index in [2.05, 4.69) is 0 Å². The van der Waals surface area contributed by atoms with Crippen LogP contribution in [0.2, 0.25) is 0 Å². The second-order valence-corrected chi connectivity index (χ2v) is 5.07. The maximum atomic E-state index is 11.5. The van der Waals surface area contributed by atoms with Gasteiger partial charge in [-0.15, -0.1) is 0 Å². The minimum atomic E-state index is -1.23. The number of phenols is 1. The lowest BCUT2D eigenvalue weighted by Gasteiger charge is -2.39. The molecule has 3 N–H and O–H groups in total. The minimum absolute atomic E-state index is 0.0296. The van der Waals surface area contributed by atoms with Crippen molar-refractivity contribution in [2.75, 3.05) is 0 Å². The van der Waals surface area contributed by atoms with E-state index >= 15 is 0 Å². The van der Waals surface area contributed by atoms with Crippen molar-refractivity contribution in [2.24, 2.45) is 0 Å². The smallest absolute Gasteiger partial charge is 0.334 e. The number of carbonyl (C=O) groups excluding carboxylic acids is 1. The maximum Gasteiger partial charge on any atom is 0.334 e. The third kappa shape index (κ3) is 1.59. The molecule has 1 heterocycles. The van der Waals surface area contributed by atoms with E-state index in [1.54, 1.807) is 25.1 Å². The van der Waals surface area contributed by atoms with E-state index in [1.807, 2.05) is 0 Å². The molecule has 5 nitrogen and oxygen atoms in total. The number of carbonyl (C=O) groups is 1. The molecule has 0 saturated heterocycles. The highest BCUT2D eigenvalue weighted by atomic mass is 16.6. The van der Waals surface area contributed by atoms with Crippen molar-refractivity contribution in [3.05, 3.63) is 41.0 Å². The fourth-order valence-corrected chi connectivity index (χ4v) is 2.89. The number of aliphatic hydroxyl groups is 2. The number of aliphatic hydroxyl groups excluding tert-OH is 2. The molecule has 3 atom stereocenters. The molecule has 19 heavy (non-hydrogen) atoms. The molecule has 100 valence electrons. The molecule has 0 fully saturated rings. The van der Waals surface area contributed by atoms with Crippen LogP contribution in [0.5, 0.6) is 5.75 Å². The second-order valence-electron chi connectivity index (χ2n) is 5.07. The highest BCUT2D eigenvalue weighted by Crippen LogP contribution is 2.50. The van der Waals surface area contributed by atoms with Gasteiger partial charge in [0.25, 0.3) is 0 Å². The Bertz CT molecular complexity index is 591. The number of phenolic OH excluding ortho intramolecular Hbond substituents is 1. The van der Waals surface area contributed by atoms with E-state index in [1.165, 1.54) is 6.07 Å². The molecule has 0 amide bonds. The van der Waals surface area contributed by atoms with Crippen LogP contribution in [0.3, 0.4) is 0 Å². The molecule has 1 aliphatic carbocycles. The molecule has 1 spiro atoms. The first-order valence-corrected chi connectivity index (χ1v) is 6.05. The largest absolute Gasteiger partial charge is 0.508 e. The maximum absolute atomic E-state index is 11.5. The Balaban J connectivity index is 2.14. The Morgan fingerprint density at radius 1 is 1.37 bits per heavy atom. The van der Waals surface area contributed by atoms with E-state index < -0.39 is 23.8 Å². The summed E-state index contributed by atoms with van der Waals surface area (Å²) < 4.78 is 5.26. The molecule has 0 bridgehead atoms. The van der Waals surface area contributed by atoms with Gasteiger partial charge in [-0.05, 0) is 24.6 Å². The summed E-state index contributed by atoms with van der Waals surface area (Å²) in [6.07, 6.45) is -0.508. The zero-order valence-corrected chi connectivity index (χ0v) is 10.3. The lowest BCUT2D eigenvalue weighted by molar-refractivity contribution is -0.162. The van der Waals surface area contributed by atoms with Crippen LogP contribution < -0.4 is 0 Å². The summed E-state index contributed by atoms with van der Waals surface area (Å²) in [5, 5.41) is 30.4. The van der Waals surface area contributed by atoms with Gasteiger partial charge in [-0.2, -0.15) is 0 Å². The lowest BCUT2D eigenvalue weighted by Crippen LogP contribution is -2.41. The molecule has 3 rings (SSSR count). The molecule has 5 heteroatoms. The topological polar surface area (TPSA) is 87.0 Å². The molecule has 0 radical (unpaired) electrons. The average molecular weight is 262 g/mol. The Labute approximate surface area is 109 Å². The van der Waals surface area contributed by atoms with Gasteiger partial charge in [-0.1, -0.05) is 12.1 Å². The Hall–Kier alpha value is -1.85. The average Bonchev–Trinajstić information content (AvgIpc) is 2.62. The molecule has 0 unspecified atom stereocenters. The van der Waals surface area contributed by atoms with E-state index in [0.29, 0.717) is 16.7 Å². The SMILES string of the molecule is CC1=C[C@]2(C[C@H](O)c3c(O)cccc3[C@H]2O)OC1=O. The van der Waals surface area contributed by atoms with E-state index in [-0.39, 0.29) is 12.2 Å². The van der Waals surface area contributed by atoms with Gasteiger partial charge >= 0.3 is 5.97 Å². The van der Waals surface area contributed by atoms with Crippen LogP contribution in [0, 0.1) is 0 Å². The van der Waals surface area contributed by atoms with Gasteiger partial charge in [0.1, 0.15) is 11.9 Å². The number of benzene rings is 1. The number of hydrogen-bond donors (Lipinski definition) is 3. The normalized spacial score (nSPS) is 33.0. The van der Waals surface area contributed by atoms with Gasteiger partial charge in [0.05, 0.1) is 6.10 Å². The van der Waals surface area contributed by atoms with E-state index in [4.69, 9.17) is 4.74 Å². The van der Waals surface area contributed by atoms with Crippen molar-refractivity contribution in [2.45, 2.75) is 31.2 Å². The third-order valence-electron chi connectivity index (χ3n) is 3.79. The van der Waals surface area contributed by atoms with Crippen LogP contribution in [-0.4, -0.2) is 26.9 Å². The molecule has 1 aromatic rings. The monoisotopic (exact) mass is 262 g/mol. The first-order chi connectivity index (χ1) is 8.94. The number of hydrogen-bond acceptors (Lipinski definition) is 5. The van der Waals surface area contributed by atoms with E-state index in [0.717, 1.165) is 0 Å². The summed E-state index contributed by atoms with van der Waals surface area (Å²) in [7, 11) is 0. The third-order valence-corrected chi connectivity index (χ3v) is 3.79. The molecule has 1 aliphatic heterocycles. The van der Waals surface area contributed by atoms with Crippen LogP contribution in [0.25, 0.3) is 0 Å². The van der Waals surface area contributed by atoms with Crippen molar-refractivity contribution in [1.82, 2.24) is 0 Å². The zero-order chi connectivity index (χ0) is 13.8. The quantitative estimate of drug-likeness (QED) is 0.609. The summed E-state index contributed by atoms with van der Waals surface area (Å²) in [4.78, 5) is 11.5. The van der Waals surface area contributed by atoms with Gasteiger partial charge in [0.15, 0.2) is 5.60 Å². The fourth-order valence-electron chi connectivity index (χ4n) is 2.89. The predicted molar refractivity (Wildman–Crippen MR) is 65.2 cm³/mol. The van der Waals surface area contributed by atoms with E-state index in [9.17, 15) is 20.1 Å². The summed E-state index contributed by atoms with van der Waals surface area (Å²) in [6.45, 7) is 1.61. The summed E-state index contributed by atoms with van der Waals surface area (Å²) in [5.41, 5.74) is -0.136. The molecule has 0 aromatic heterocycles. The van der Waals surface area contributed by atoms with Gasteiger partial charge in [0.2, 0.25) is 0 Å². The Kier molecular flexibility index (Phi) is 2.45. The fraction of sp³-hybridized carbons (Fsp3) is 0.357. The standard InChI is InChI=1S/C14H14O5/c1-7-5-14(19-13(7)18)6-10(16)11-8(12(14)17)3-2-4-9(11)15/h2-5,10,12,15-17H,6H2,1H3/t10-,12+,14+/m0/s1. The first-order valence-electron chi connectivity index (χ1n) is 6.05. The van der Waals surface area contributed by atoms with Crippen molar-refractivity contribution in [3.63, 3.8) is 0 Å². The number of esters is 1. The van der Waals surface area contributed by atoms with Crippen LogP contribution in [0.15, 0.2) is 29.8 Å². The molecule has 1 aromatic carbocycles. The molecular formula is C14H14O5. The first kappa shape index (κ1) is 12.2. The highest BCUT2D eigenvalue weighted by molar-refractivity contribution is 5.91. The summed E-state index contributed by atoms with van der Waals surface area (Å²) in [6, 6.07) is 4.64. The Morgan fingerprint density at radius 2 is 2.11 bits per heavy atom.